The lowest BCUT2D eigenvalue weighted by molar-refractivity contribution is -0.192. The summed E-state index contributed by atoms with van der Waals surface area (Å²) >= 11 is 0. The highest BCUT2D eigenvalue weighted by atomic mass is 19.4. The molecule has 0 radical (unpaired) electrons. The molecule has 1 N–H and O–H groups in total. The molecule has 1 aliphatic heterocycles. The van der Waals surface area contributed by atoms with E-state index in [4.69, 9.17) is 9.90 Å². The van der Waals surface area contributed by atoms with Crippen LogP contribution in [0.1, 0.15) is 44.9 Å². The lowest BCUT2D eigenvalue weighted by atomic mass is 9.60. The van der Waals surface area contributed by atoms with E-state index < -0.39 is 17.8 Å². The summed E-state index contributed by atoms with van der Waals surface area (Å²) < 4.78 is 45.9. The molecule has 9 heteroatoms. The predicted octanol–water partition coefficient (Wildman–Crippen LogP) is 2.84. The predicted molar refractivity (Wildman–Crippen MR) is 86.3 cm³/mol. The average molecular weight is 382 g/mol. The van der Waals surface area contributed by atoms with Crippen LogP contribution in [0.4, 0.5) is 17.6 Å². The van der Waals surface area contributed by atoms with Gasteiger partial charge in [0.1, 0.15) is 0 Å². The SMILES string of the molecule is CN(C)C1CC2(CCN(C(=O)C3(F)CCC3)CC2)C1.O=C(O)C(F)(F)F. The van der Waals surface area contributed by atoms with E-state index in [1.54, 1.807) is 4.90 Å². The standard InChI is InChI=1S/C15H25FN2O.C2HF3O2/c1-17(2)12-10-14(11-12)6-8-18(9-7-14)13(19)15(16)4-3-5-15;3-2(4,5)1(6)7/h12H,3-11H2,1-2H3;(H,6,7). The molecule has 3 rings (SSSR count). The van der Waals surface area contributed by atoms with E-state index in [1.807, 2.05) is 0 Å². The number of nitrogens with zero attached hydrogens (tertiary/aromatic N) is 2. The van der Waals surface area contributed by atoms with Gasteiger partial charge in [-0.2, -0.15) is 13.2 Å². The molecule has 0 aromatic rings. The Hall–Kier alpha value is -1.38. The van der Waals surface area contributed by atoms with Gasteiger partial charge in [0, 0.05) is 19.1 Å². The number of aliphatic carboxylic acids is 1. The van der Waals surface area contributed by atoms with Gasteiger partial charge in [-0.25, -0.2) is 9.18 Å². The van der Waals surface area contributed by atoms with E-state index in [0.29, 0.717) is 24.3 Å². The summed E-state index contributed by atoms with van der Waals surface area (Å²) in [6.45, 7) is 1.54. The number of carbonyl (C=O) groups is 2. The number of hydrogen-bond donors (Lipinski definition) is 1. The Morgan fingerprint density at radius 1 is 1.08 bits per heavy atom. The van der Waals surface area contributed by atoms with Crippen LogP contribution in [0.25, 0.3) is 0 Å². The molecule has 3 fully saturated rings. The first-order valence-corrected chi connectivity index (χ1v) is 8.83. The molecule has 0 aromatic heterocycles. The molecule has 0 bridgehead atoms. The van der Waals surface area contributed by atoms with Crippen LogP contribution in [-0.2, 0) is 9.59 Å². The summed E-state index contributed by atoms with van der Waals surface area (Å²) in [5, 5.41) is 7.12. The molecule has 0 aromatic carbocycles. The average Bonchev–Trinajstić information content (AvgIpc) is 2.49. The van der Waals surface area contributed by atoms with Crippen molar-refractivity contribution in [2.24, 2.45) is 5.41 Å². The highest BCUT2D eigenvalue weighted by Crippen LogP contribution is 2.51. The van der Waals surface area contributed by atoms with E-state index in [2.05, 4.69) is 19.0 Å². The summed E-state index contributed by atoms with van der Waals surface area (Å²) in [4.78, 5) is 25.1. The van der Waals surface area contributed by atoms with Gasteiger partial charge >= 0.3 is 12.1 Å². The molecule has 5 nitrogen and oxygen atoms in total. The molecule has 2 saturated carbocycles. The first kappa shape index (κ1) is 20.9. The normalized spacial score (nSPS) is 24.3. The lowest BCUT2D eigenvalue weighted by Gasteiger charge is -2.54. The highest BCUT2D eigenvalue weighted by molar-refractivity contribution is 5.86. The van der Waals surface area contributed by atoms with E-state index in [1.165, 1.54) is 12.8 Å². The molecule has 1 heterocycles. The highest BCUT2D eigenvalue weighted by Gasteiger charge is 2.51. The summed E-state index contributed by atoms with van der Waals surface area (Å²) in [6.07, 6.45) is 1.31. The summed E-state index contributed by atoms with van der Waals surface area (Å²) in [6, 6.07) is 0.710. The fourth-order valence-electron chi connectivity index (χ4n) is 3.88. The van der Waals surface area contributed by atoms with Crippen molar-refractivity contribution in [3.05, 3.63) is 0 Å². The minimum Gasteiger partial charge on any atom is -0.475 e. The molecule has 0 unspecified atom stereocenters. The summed E-state index contributed by atoms with van der Waals surface area (Å²) in [5.41, 5.74) is -1.05. The Morgan fingerprint density at radius 3 is 1.85 bits per heavy atom. The minimum absolute atomic E-state index is 0.225. The number of carboxylic acids is 1. The zero-order valence-corrected chi connectivity index (χ0v) is 15.1. The van der Waals surface area contributed by atoms with Crippen LogP contribution in [-0.4, -0.2) is 71.9 Å². The molecule has 1 spiro atoms. The smallest absolute Gasteiger partial charge is 0.475 e. The van der Waals surface area contributed by atoms with Gasteiger partial charge in [-0.3, -0.25) is 4.79 Å². The van der Waals surface area contributed by atoms with Gasteiger partial charge in [0.05, 0.1) is 0 Å². The van der Waals surface area contributed by atoms with Crippen LogP contribution >= 0.6 is 0 Å². The molecular weight excluding hydrogens is 356 g/mol. The van der Waals surface area contributed by atoms with Gasteiger partial charge < -0.3 is 14.9 Å². The second kappa shape index (κ2) is 7.32. The quantitative estimate of drug-likeness (QED) is 0.746. The number of alkyl halides is 4. The maximum Gasteiger partial charge on any atom is 0.490 e. The van der Waals surface area contributed by atoms with Crippen molar-refractivity contribution in [1.82, 2.24) is 9.80 Å². The second-order valence-corrected chi connectivity index (χ2v) is 7.94. The zero-order chi connectivity index (χ0) is 19.8. The maximum atomic E-state index is 14.1. The van der Waals surface area contributed by atoms with Crippen molar-refractivity contribution in [3.63, 3.8) is 0 Å². The Labute approximate surface area is 150 Å². The van der Waals surface area contributed by atoms with Crippen LogP contribution in [0.2, 0.25) is 0 Å². The van der Waals surface area contributed by atoms with Gasteiger partial charge in [0.15, 0.2) is 5.67 Å². The molecule has 2 aliphatic carbocycles. The third-order valence-electron chi connectivity index (χ3n) is 5.95. The fraction of sp³-hybridized carbons (Fsp3) is 0.882. The number of hydrogen-bond acceptors (Lipinski definition) is 3. The Balaban J connectivity index is 0.000000298. The van der Waals surface area contributed by atoms with Crippen LogP contribution < -0.4 is 0 Å². The van der Waals surface area contributed by atoms with Gasteiger partial charge in [-0.1, -0.05) is 0 Å². The van der Waals surface area contributed by atoms with E-state index in [9.17, 15) is 22.4 Å². The molecule has 1 saturated heterocycles. The topological polar surface area (TPSA) is 60.9 Å². The monoisotopic (exact) mass is 382 g/mol. The Bertz CT molecular complexity index is 531. The van der Waals surface area contributed by atoms with Crippen molar-refractivity contribution in [1.29, 1.82) is 0 Å². The van der Waals surface area contributed by atoms with E-state index in [-0.39, 0.29) is 5.91 Å². The van der Waals surface area contributed by atoms with Crippen molar-refractivity contribution >= 4 is 11.9 Å². The first-order valence-electron chi connectivity index (χ1n) is 8.83. The fourth-order valence-corrected chi connectivity index (χ4v) is 3.88. The first-order chi connectivity index (χ1) is 11.9. The molecule has 1 amide bonds. The molecule has 26 heavy (non-hydrogen) atoms. The maximum absolute atomic E-state index is 14.1. The van der Waals surface area contributed by atoms with Crippen molar-refractivity contribution in [2.75, 3.05) is 27.2 Å². The van der Waals surface area contributed by atoms with Gasteiger partial charge in [-0.15, -0.1) is 0 Å². The molecular formula is C17H26F4N2O3. The summed E-state index contributed by atoms with van der Waals surface area (Å²) in [5.74, 6) is -2.98. The minimum atomic E-state index is -5.08. The van der Waals surface area contributed by atoms with E-state index >= 15 is 0 Å². The Kier molecular flexibility index (Phi) is 5.90. The number of rotatable bonds is 2. The third-order valence-corrected chi connectivity index (χ3v) is 5.95. The lowest BCUT2D eigenvalue weighted by Crippen LogP contribution is -2.57. The van der Waals surface area contributed by atoms with Crippen LogP contribution in [0.3, 0.4) is 0 Å². The Morgan fingerprint density at radius 2 is 1.54 bits per heavy atom. The molecule has 3 aliphatic rings. The van der Waals surface area contributed by atoms with Gasteiger partial charge in [0.2, 0.25) is 0 Å². The van der Waals surface area contributed by atoms with Crippen molar-refractivity contribution in [3.8, 4) is 0 Å². The van der Waals surface area contributed by atoms with Gasteiger partial charge in [-0.05, 0) is 64.5 Å². The number of carboxylic acid groups (broad SMARTS) is 1. The molecule has 150 valence electrons. The van der Waals surface area contributed by atoms with Crippen molar-refractivity contribution in [2.45, 2.75) is 62.8 Å². The second-order valence-electron chi connectivity index (χ2n) is 7.94. The number of amides is 1. The zero-order valence-electron chi connectivity index (χ0n) is 15.1. The molecule has 0 atom stereocenters. The van der Waals surface area contributed by atoms with Crippen molar-refractivity contribution < 1.29 is 32.3 Å². The van der Waals surface area contributed by atoms with E-state index in [0.717, 1.165) is 32.4 Å². The number of piperidine rings is 1. The number of halogens is 4. The number of carbonyl (C=O) groups excluding carboxylic acids is 1. The largest absolute Gasteiger partial charge is 0.490 e. The van der Waals surface area contributed by atoms with Gasteiger partial charge in [0.25, 0.3) is 5.91 Å². The summed E-state index contributed by atoms with van der Waals surface area (Å²) in [7, 11) is 4.28. The number of likely N-dealkylation sites (tertiary alicyclic amines) is 1. The third kappa shape index (κ3) is 4.47. The van der Waals surface area contributed by atoms with Crippen LogP contribution in [0.15, 0.2) is 0 Å². The van der Waals surface area contributed by atoms with Crippen LogP contribution in [0.5, 0.6) is 0 Å². The van der Waals surface area contributed by atoms with Crippen LogP contribution in [0, 0.1) is 5.41 Å².